The summed E-state index contributed by atoms with van der Waals surface area (Å²) in [6.07, 6.45) is 8.26. The van der Waals surface area contributed by atoms with E-state index in [2.05, 4.69) is 17.0 Å². The second-order valence-electron chi connectivity index (χ2n) is 7.45. The molecule has 2 aromatic rings. The Morgan fingerprint density at radius 3 is 2.64 bits per heavy atom. The molecule has 3 rings (SSSR count). The number of amides is 1. The number of hydrogen-bond donors (Lipinski definition) is 0. The smallest absolute Gasteiger partial charge is 0.246 e. The van der Waals surface area contributed by atoms with E-state index in [-0.39, 0.29) is 5.91 Å². The highest BCUT2D eigenvalue weighted by molar-refractivity contribution is 5.91. The molecule has 1 fully saturated rings. The SMILES string of the molecule is COc1ccc(CCN2CCC(CN(C)C(=O)C=Cc3ccco3)CC2)cc1. The lowest BCUT2D eigenvalue weighted by atomic mass is 9.96. The van der Waals surface area contributed by atoms with Crippen LogP contribution in [0.1, 0.15) is 24.2 Å². The Morgan fingerprint density at radius 2 is 2.00 bits per heavy atom. The van der Waals surface area contributed by atoms with Crippen LogP contribution in [0.5, 0.6) is 5.75 Å². The van der Waals surface area contributed by atoms with Gasteiger partial charge in [0.05, 0.1) is 13.4 Å². The number of nitrogens with zero attached hydrogens (tertiary/aromatic N) is 2. The second kappa shape index (κ2) is 10.1. The van der Waals surface area contributed by atoms with Crippen LogP contribution in [-0.2, 0) is 11.2 Å². The first-order chi connectivity index (χ1) is 13.6. The van der Waals surface area contributed by atoms with Crippen molar-refractivity contribution in [2.75, 3.05) is 40.3 Å². The lowest BCUT2D eigenvalue weighted by Gasteiger charge is -2.33. The summed E-state index contributed by atoms with van der Waals surface area (Å²) in [6.45, 7) is 4.10. The number of likely N-dealkylation sites (N-methyl/N-ethyl adjacent to an activating group) is 1. The van der Waals surface area contributed by atoms with Gasteiger partial charge < -0.3 is 19.0 Å². The zero-order valence-electron chi connectivity index (χ0n) is 16.8. The molecule has 28 heavy (non-hydrogen) atoms. The van der Waals surface area contributed by atoms with E-state index in [1.807, 2.05) is 36.2 Å². The van der Waals surface area contributed by atoms with Crippen LogP contribution in [0.15, 0.2) is 53.2 Å². The number of piperidine rings is 1. The van der Waals surface area contributed by atoms with E-state index >= 15 is 0 Å². The third kappa shape index (κ3) is 5.99. The summed E-state index contributed by atoms with van der Waals surface area (Å²) in [5.74, 6) is 2.20. The average Bonchev–Trinajstić information content (AvgIpc) is 3.25. The first-order valence-corrected chi connectivity index (χ1v) is 9.96. The first-order valence-electron chi connectivity index (χ1n) is 9.96. The Labute approximate surface area is 167 Å². The molecule has 1 aromatic carbocycles. The molecule has 0 spiro atoms. The van der Waals surface area contributed by atoms with Crippen molar-refractivity contribution in [2.45, 2.75) is 19.3 Å². The molecular weight excluding hydrogens is 352 g/mol. The van der Waals surface area contributed by atoms with Crippen LogP contribution < -0.4 is 4.74 Å². The Hall–Kier alpha value is -2.53. The molecule has 1 saturated heterocycles. The van der Waals surface area contributed by atoms with Crippen molar-refractivity contribution in [2.24, 2.45) is 5.92 Å². The van der Waals surface area contributed by atoms with Crippen molar-refractivity contribution in [3.63, 3.8) is 0 Å². The molecule has 0 atom stereocenters. The normalized spacial score (nSPS) is 15.8. The fourth-order valence-corrected chi connectivity index (χ4v) is 3.62. The predicted octanol–water partition coefficient (Wildman–Crippen LogP) is 3.71. The summed E-state index contributed by atoms with van der Waals surface area (Å²) in [4.78, 5) is 16.6. The molecule has 1 aliphatic rings. The van der Waals surface area contributed by atoms with Crippen molar-refractivity contribution in [1.29, 1.82) is 0 Å². The molecule has 5 heteroatoms. The van der Waals surface area contributed by atoms with Crippen molar-refractivity contribution in [3.8, 4) is 5.75 Å². The highest BCUT2D eigenvalue weighted by Gasteiger charge is 2.21. The summed E-state index contributed by atoms with van der Waals surface area (Å²) in [7, 11) is 3.57. The van der Waals surface area contributed by atoms with Crippen LogP contribution in [-0.4, -0.2) is 56.0 Å². The van der Waals surface area contributed by atoms with E-state index in [0.717, 1.165) is 51.2 Å². The molecule has 1 aromatic heterocycles. The quantitative estimate of drug-likeness (QED) is 0.653. The zero-order chi connectivity index (χ0) is 19.8. The average molecular weight is 383 g/mol. The summed E-state index contributed by atoms with van der Waals surface area (Å²) >= 11 is 0. The van der Waals surface area contributed by atoms with Gasteiger partial charge in [0.1, 0.15) is 11.5 Å². The molecule has 0 N–H and O–H groups in total. The molecule has 1 aliphatic heterocycles. The molecule has 2 heterocycles. The van der Waals surface area contributed by atoms with E-state index in [9.17, 15) is 4.79 Å². The van der Waals surface area contributed by atoms with E-state index < -0.39 is 0 Å². The first kappa shape index (κ1) is 20.2. The standard InChI is InChI=1S/C23H30N2O3/c1-24(23(26)10-9-22-4-3-17-28-22)18-20-12-15-25(16-13-20)14-11-19-5-7-21(27-2)8-6-19/h3-10,17,20H,11-16,18H2,1-2H3. The monoisotopic (exact) mass is 382 g/mol. The summed E-state index contributed by atoms with van der Waals surface area (Å²) in [5, 5.41) is 0. The van der Waals surface area contributed by atoms with E-state index in [4.69, 9.17) is 9.15 Å². The molecule has 0 unspecified atom stereocenters. The Bertz CT molecular complexity index is 745. The van der Waals surface area contributed by atoms with Crippen LogP contribution >= 0.6 is 0 Å². The van der Waals surface area contributed by atoms with Gasteiger partial charge in [-0.15, -0.1) is 0 Å². The molecule has 0 aliphatic carbocycles. The van der Waals surface area contributed by atoms with Crippen LogP contribution in [0.25, 0.3) is 6.08 Å². The molecule has 5 nitrogen and oxygen atoms in total. The maximum absolute atomic E-state index is 12.3. The summed E-state index contributed by atoms with van der Waals surface area (Å²) in [5.41, 5.74) is 1.34. The van der Waals surface area contributed by atoms with Crippen LogP contribution in [0.2, 0.25) is 0 Å². The number of hydrogen-bond acceptors (Lipinski definition) is 4. The van der Waals surface area contributed by atoms with Crippen molar-refractivity contribution in [1.82, 2.24) is 9.80 Å². The van der Waals surface area contributed by atoms with Crippen LogP contribution in [0.3, 0.4) is 0 Å². The molecule has 0 bridgehead atoms. The Balaban J connectivity index is 1.36. The van der Waals surface area contributed by atoms with E-state index in [1.54, 1.807) is 25.5 Å². The van der Waals surface area contributed by atoms with Gasteiger partial charge in [0.15, 0.2) is 0 Å². The van der Waals surface area contributed by atoms with Gasteiger partial charge in [0.25, 0.3) is 0 Å². The predicted molar refractivity (Wildman–Crippen MR) is 111 cm³/mol. The molecule has 0 radical (unpaired) electrons. The van der Waals surface area contributed by atoms with Crippen LogP contribution in [0, 0.1) is 5.92 Å². The van der Waals surface area contributed by atoms with Crippen LogP contribution in [0.4, 0.5) is 0 Å². The van der Waals surface area contributed by atoms with E-state index in [1.165, 1.54) is 5.56 Å². The fraction of sp³-hybridized carbons (Fsp3) is 0.435. The van der Waals surface area contributed by atoms with Crippen molar-refractivity contribution < 1.29 is 13.9 Å². The number of ether oxygens (including phenoxy) is 1. The largest absolute Gasteiger partial charge is 0.497 e. The molecule has 0 saturated carbocycles. The topological polar surface area (TPSA) is 45.9 Å². The number of methoxy groups -OCH3 is 1. The summed E-state index contributed by atoms with van der Waals surface area (Å²) in [6, 6.07) is 12.0. The lowest BCUT2D eigenvalue weighted by Crippen LogP contribution is -2.39. The Morgan fingerprint density at radius 1 is 1.25 bits per heavy atom. The van der Waals surface area contributed by atoms with Gasteiger partial charge in [-0.3, -0.25) is 4.79 Å². The third-order valence-corrected chi connectivity index (χ3v) is 5.42. The number of likely N-dealkylation sites (tertiary alicyclic amines) is 1. The number of rotatable bonds is 8. The molecule has 150 valence electrons. The van der Waals surface area contributed by atoms with Gasteiger partial charge >= 0.3 is 0 Å². The highest BCUT2D eigenvalue weighted by atomic mass is 16.5. The maximum atomic E-state index is 12.3. The Kier molecular flexibility index (Phi) is 7.31. The van der Waals surface area contributed by atoms with Crippen molar-refractivity contribution in [3.05, 3.63) is 60.1 Å². The van der Waals surface area contributed by atoms with Gasteiger partial charge in [-0.1, -0.05) is 12.1 Å². The number of benzene rings is 1. The third-order valence-electron chi connectivity index (χ3n) is 5.42. The van der Waals surface area contributed by atoms with Gasteiger partial charge in [-0.05, 0) is 74.2 Å². The van der Waals surface area contributed by atoms with Gasteiger partial charge in [-0.2, -0.15) is 0 Å². The second-order valence-corrected chi connectivity index (χ2v) is 7.45. The van der Waals surface area contributed by atoms with Gasteiger partial charge in [-0.25, -0.2) is 0 Å². The molecule has 1 amide bonds. The maximum Gasteiger partial charge on any atom is 0.246 e. The van der Waals surface area contributed by atoms with Gasteiger partial charge in [0.2, 0.25) is 5.91 Å². The number of carbonyl (C=O) groups is 1. The number of furan rings is 1. The minimum Gasteiger partial charge on any atom is -0.497 e. The summed E-state index contributed by atoms with van der Waals surface area (Å²) < 4.78 is 10.4. The fourth-order valence-electron chi connectivity index (χ4n) is 3.62. The van der Waals surface area contributed by atoms with Gasteiger partial charge in [0, 0.05) is 26.2 Å². The molecular formula is C23H30N2O3. The highest BCUT2D eigenvalue weighted by Crippen LogP contribution is 2.19. The minimum absolute atomic E-state index is 0.0262. The lowest BCUT2D eigenvalue weighted by molar-refractivity contribution is -0.125. The minimum atomic E-state index is 0.0262. The van der Waals surface area contributed by atoms with Crippen molar-refractivity contribution >= 4 is 12.0 Å². The zero-order valence-corrected chi connectivity index (χ0v) is 16.8. The number of carbonyl (C=O) groups excluding carboxylic acids is 1. The van der Waals surface area contributed by atoms with E-state index in [0.29, 0.717) is 11.7 Å².